The largest absolute Gasteiger partial charge is 0.491 e. The van der Waals surface area contributed by atoms with Crippen LogP contribution < -0.4 is 10.1 Å². The van der Waals surface area contributed by atoms with Crippen LogP contribution in [0.3, 0.4) is 0 Å². The molecule has 112 valence electrons. The van der Waals surface area contributed by atoms with Crippen LogP contribution in [0.25, 0.3) is 0 Å². The molecule has 0 aliphatic rings. The van der Waals surface area contributed by atoms with Gasteiger partial charge in [-0.2, -0.15) is 0 Å². The zero-order chi connectivity index (χ0) is 15.1. The predicted octanol–water partition coefficient (Wildman–Crippen LogP) is 2.55. The quantitative estimate of drug-likeness (QED) is 0.796. The Morgan fingerprint density at radius 3 is 2.71 bits per heavy atom. The number of hydrogen-bond donors (Lipinski definition) is 1. The molecule has 4 nitrogen and oxygen atoms in total. The highest BCUT2D eigenvalue weighted by Crippen LogP contribution is 2.30. The maximum Gasteiger partial charge on any atom is 0.146 e. The van der Waals surface area contributed by atoms with Crippen molar-refractivity contribution in [3.05, 3.63) is 59.7 Å². The molecule has 0 radical (unpaired) electrons. The minimum Gasteiger partial charge on any atom is -0.491 e. The molecule has 0 saturated heterocycles. The van der Waals surface area contributed by atoms with Crippen molar-refractivity contribution in [1.82, 2.24) is 10.3 Å². The number of halogens is 1. The Labute approximate surface area is 123 Å². The van der Waals surface area contributed by atoms with Crippen LogP contribution >= 0.6 is 0 Å². The fourth-order valence-corrected chi connectivity index (χ4v) is 2.18. The van der Waals surface area contributed by atoms with E-state index in [1.807, 2.05) is 24.3 Å². The lowest BCUT2D eigenvalue weighted by Crippen LogP contribution is -2.20. The minimum absolute atomic E-state index is 0.299. The van der Waals surface area contributed by atoms with Crippen molar-refractivity contribution in [2.24, 2.45) is 0 Å². The number of hydrogen-bond acceptors (Lipinski definition) is 4. The van der Waals surface area contributed by atoms with Crippen LogP contribution in [-0.2, 0) is 4.74 Å². The lowest BCUT2D eigenvalue weighted by molar-refractivity contribution is 0.145. The van der Waals surface area contributed by atoms with Crippen LogP contribution in [-0.4, -0.2) is 32.4 Å². The van der Waals surface area contributed by atoms with Gasteiger partial charge in [0.05, 0.1) is 18.8 Å². The third-order valence-corrected chi connectivity index (χ3v) is 3.18. The lowest BCUT2D eigenvalue weighted by atomic mass is 9.98. The van der Waals surface area contributed by atoms with Crippen molar-refractivity contribution >= 4 is 0 Å². The standard InChI is InChI=1S/C16H19FN2O2/c1-18-16(12-7-8-19-11-14(12)17)13-5-3-4-6-15(13)21-10-9-20-2/h3-8,11,16,18H,9-10H2,1-2H3. The number of para-hydroxylation sites is 1. The second-order valence-corrected chi connectivity index (χ2v) is 4.50. The predicted molar refractivity (Wildman–Crippen MR) is 78.9 cm³/mol. The van der Waals surface area contributed by atoms with Crippen molar-refractivity contribution < 1.29 is 13.9 Å². The van der Waals surface area contributed by atoms with Crippen LogP contribution in [0.15, 0.2) is 42.7 Å². The summed E-state index contributed by atoms with van der Waals surface area (Å²) < 4.78 is 24.7. The number of rotatable bonds is 7. The fraction of sp³-hybridized carbons (Fsp3) is 0.312. The number of methoxy groups -OCH3 is 1. The van der Waals surface area contributed by atoms with Gasteiger partial charge in [-0.05, 0) is 19.2 Å². The van der Waals surface area contributed by atoms with Gasteiger partial charge in [0.15, 0.2) is 0 Å². The van der Waals surface area contributed by atoms with Crippen LogP contribution in [0.2, 0.25) is 0 Å². The summed E-state index contributed by atoms with van der Waals surface area (Å²) >= 11 is 0. The van der Waals surface area contributed by atoms with Gasteiger partial charge in [0.25, 0.3) is 0 Å². The summed E-state index contributed by atoms with van der Waals surface area (Å²) in [5.74, 6) is 0.369. The molecule has 0 aliphatic heterocycles. The maximum atomic E-state index is 14.0. The van der Waals surface area contributed by atoms with Gasteiger partial charge in [0, 0.05) is 24.4 Å². The monoisotopic (exact) mass is 290 g/mol. The van der Waals surface area contributed by atoms with Gasteiger partial charge in [-0.25, -0.2) is 4.39 Å². The van der Waals surface area contributed by atoms with Gasteiger partial charge in [0.1, 0.15) is 18.2 Å². The summed E-state index contributed by atoms with van der Waals surface area (Å²) in [5, 5.41) is 3.13. The summed E-state index contributed by atoms with van der Waals surface area (Å²) in [6.07, 6.45) is 2.80. The SMILES string of the molecule is CNC(c1ccncc1F)c1ccccc1OCCOC. The zero-order valence-electron chi connectivity index (χ0n) is 12.2. The average molecular weight is 290 g/mol. The highest BCUT2D eigenvalue weighted by Gasteiger charge is 2.19. The van der Waals surface area contributed by atoms with Crippen molar-refractivity contribution in [2.45, 2.75) is 6.04 Å². The average Bonchev–Trinajstić information content (AvgIpc) is 2.51. The third kappa shape index (κ3) is 3.77. The first-order valence-electron chi connectivity index (χ1n) is 6.75. The molecule has 1 aromatic heterocycles. The van der Waals surface area contributed by atoms with Crippen LogP contribution in [0.5, 0.6) is 5.75 Å². The normalized spacial score (nSPS) is 12.1. The topological polar surface area (TPSA) is 43.4 Å². The van der Waals surface area contributed by atoms with Gasteiger partial charge >= 0.3 is 0 Å². The number of ether oxygens (including phenoxy) is 2. The molecule has 0 saturated carbocycles. The van der Waals surface area contributed by atoms with E-state index in [1.54, 1.807) is 26.4 Å². The summed E-state index contributed by atoms with van der Waals surface area (Å²) in [5.41, 5.74) is 1.41. The van der Waals surface area contributed by atoms with Crippen LogP contribution in [0.4, 0.5) is 4.39 Å². The smallest absolute Gasteiger partial charge is 0.146 e. The highest BCUT2D eigenvalue weighted by molar-refractivity contribution is 5.41. The van der Waals surface area contributed by atoms with E-state index in [0.29, 0.717) is 24.5 Å². The molecule has 0 amide bonds. The molecule has 2 aromatic rings. The number of pyridine rings is 1. The molecule has 1 N–H and O–H groups in total. The third-order valence-electron chi connectivity index (χ3n) is 3.18. The molecule has 0 bridgehead atoms. The fourth-order valence-electron chi connectivity index (χ4n) is 2.18. The minimum atomic E-state index is -0.344. The van der Waals surface area contributed by atoms with Gasteiger partial charge in [-0.1, -0.05) is 18.2 Å². The van der Waals surface area contributed by atoms with Gasteiger partial charge in [0.2, 0.25) is 0 Å². The molecule has 0 aliphatic carbocycles. The molecule has 1 atom stereocenters. The van der Waals surface area contributed by atoms with Gasteiger partial charge in [-0.15, -0.1) is 0 Å². The molecule has 0 spiro atoms. The number of nitrogens with zero attached hydrogens (tertiary/aromatic N) is 1. The van der Waals surface area contributed by atoms with Crippen molar-refractivity contribution in [1.29, 1.82) is 0 Å². The summed E-state index contributed by atoms with van der Waals surface area (Å²) in [6, 6.07) is 8.95. The Hall–Kier alpha value is -1.98. The Morgan fingerprint density at radius 2 is 2.00 bits per heavy atom. The molecule has 5 heteroatoms. The van der Waals surface area contributed by atoms with Gasteiger partial charge < -0.3 is 14.8 Å². The first kappa shape index (κ1) is 15.4. The van der Waals surface area contributed by atoms with Crippen molar-refractivity contribution in [3.8, 4) is 5.75 Å². The molecule has 1 heterocycles. The molecule has 1 aromatic carbocycles. The number of benzene rings is 1. The molecule has 1 unspecified atom stereocenters. The van der Waals surface area contributed by atoms with E-state index in [1.165, 1.54) is 6.20 Å². The van der Waals surface area contributed by atoms with E-state index < -0.39 is 0 Å². The van der Waals surface area contributed by atoms with E-state index in [-0.39, 0.29) is 11.9 Å². The second-order valence-electron chi connectivity index (χ2n) is 4.50. The summed E-state index contributed by atoms with van der Waals surface area (Å²) in [7, 11) is 3.41. The Kier molecular flexibility index (Phi) is 5.66. The van der Waals surface area contributed by atoms with E-state index in [9.17, 15) is 4.39 Å². The molecule has 0 fully saturated rings. The van der Waals surface area contributed by atoms with Crippen molar-refractivity contribution in [2.75, 3.05) is 27.4 Å². The van der Waals surface area contributed by atoms with Crippen LogP contribution in [0.1, 0.15) is 17.2 Å². The Bertz CT molecular complexity index is 578. The first-order chi connectivity index (χ1) is 10.3. The second kappa shape index (κ2) is 7.71. The van der Waals surface area contributed by atoms with E-state index in [2.05, 4.69) is 10.3 Å². The van der Waals surface area contributed by atoms with E-state index in [0.717, 1.165) is 5.56 Å². The molecular formula is C16H19FN2O2. The molecule has 2 rings (SSSR count). The lowest BCUT2D eigenvalue weighted by Gasteiger charge is -2.21. The highest BCUT2D eigenvalue weighted by atomic mass is 19.1. The summed E-state index contributed by atoms with van der Waals surface area (Å²) in [4.78, 5) is 3.79. The van der Waals surface area contributed by atoms with Gasteiger partial charge in [-0.3, -0.25) is 4.98 Å². The van der Waals surface area contributed by atoms with E-state index >= 15 is 0 Å². The summed E-state index contributed by atoms with van der Waals surface area (Å²) in [6.45, 7) is 0.949. The Balaban J connectivity index is 2.32. The zero-order valence-corrected chi connectivity index (χ0v) is 12.2. The number of aromatic nitrogens is 1. The van der Waals surface area contributed by atoms with E-state index in [4.69, 9.17) is 9.47 Å². The molecular weight excluding hydrogens is 271 g/mol. The van der Waals surface area contributed by atoms with Crippen LogP contribution in [0, 0.1) is 5.82 Å². The Morgan fingerprint density at radius 1 is 1.19 bits per heavy atom. The first-order valence-corrected chi connectivity index (χ1v) is 6.75. The molecule has 21 heavy (non-hydrogen) atoms. The van der Waals surface area contributed by atoms with Crippen molar-refractivity contribution in [3.63, 3.8) is 0 Å². The number of nitrogens with one attached hydrogen (secondary N) is 1. The maximum absolute atomic E-state index is 14.0.